The number of rotatable bonds is 2. The largest absolute Gasteiger partial charge is 0.491 e. The van der Waals surface area contributed by atoms with E-state index in [9.17, 15) is 0 Å². The monoisotopic (exact) mass is 295 g/mol. The fourth-order valence-corrected chi connectivity index (χ4v) is 2.86. The summed E-state index contributed by atoms with van der Waals surface area (Å²) in [7, 11) is 1.89. The van der Waals surface area contributed by atoms with Gasteiger partial charge in [0.1, 0.15) is 24.0 Å². The Balaban J connectivity index is 1.65. The van der Waals surface area contributed by atoms with Gasteiger partial charge in [-0.1, -0.05) is 18.2 Å². The number of para-hydroxylation sites is 1. The van der Waals surface area contributed by atoms with Crippen LogP contribution in [0.15, 0.2) is 30.5 Å². The van der Waals surface area contributed by atoms with Gasteiger partial charge in [-0.3, -0.25) is 4.68 Å². The van der Waals surface area contributed by atoms with E-state index in [1.54, 1.807) is 10.9 Å². The molecule has 0 bridgehead atoms. The summed E-state index contributed by atoms with van der Waals surface area (Å²) in [4.78, 5) is 8.98. The van der Waals surface area contributed by atoms with E-state index in [1.165, 1.54) is 5.56 Å². The summed E-state index contributed by atoms with van der Waals surface area (Å²) < 4.78 is 7.59. The van der Waals surface area contributed by atoms with Crippen LogP contribution in [0.25, 0.3) is 11.0 Å². The Bertz CT molecular complexity index is 842. The highest BCUT2D eigenvalue weighted by molar-refractivity contribution is 5.86. The van der Waals surface area contributed by atoms with E-state index in [4.69, 9.17) is 4.74 Å². The van der Waals surface area contributed by atoms with Crippen molar-refractivity contribution >= 4 is 16.9 Å². The van der Waals surface area contributed by atoms with Crippen LogP contribution in [0.3, 0.4) is 0 Å². The lowest BCUT2D eigenvalue weighted by molar-refractivity contribution is 0.272. The van der Waals surface area contributed by atoms with Gasteiger partial charge in [-0.25, -0.2) is 9.97 Å². The molecule has 2 aromatic heterocycles. The first-order valence-electron chi connectivity index (χ1n) is 7.34. The molecule has 1 aliphatic rings. The highest BCUT2D eigenvalue weighted by Crippen LogP contribution is 2.27. The lowest BCUT2D eigenvalue weighted by Gasteiger charge is -2.26. The zero-order chi connectivity index (χ0) is 15.1. The molecular weight excluding hydrogens is 278 g/mol. The molecule has 3 aromatic rings. The van der Waals surface area contributed by atoms with E-state index in [2.05, 4.69) is 26.4 Å². The Kier molecular flexibility index (Phi) is 2.96. The lowest BCUT2D eigenvalue weighted by Crippen LogP contribution is -2.33. The van der Waals surface area contributed by atoms with Crippen LogP contribution in [0.4, 0.5) is 5.82 Å². The van der Waals surface area contributed by atoms with Gasteiger partial charge in [-0.05, 0) is 25.0 Å². The molecule has 1 aromatic carbocycles. The Hall–Kier alpha value is -2.63. The number of hydrogen-bond acceptors (Lipinski definition) is 5. The molecule has 0 saturated heterocycles. The van der Waals surface area contributed by atoms with E-state index in [0.717, 1.165) is 34.8 Å². The Morgan fingerprint density at radius 2 is 2.14 bits per heavy atom. The van der Waals surface area contributed by atoms with Crippen molar-refractivity contribution in [2.24, 2.45) is 7.05 Å². The number of nitrogens with zero attached hydrogens (tertiary/aromatic N) is 4. The number of fused-ring (bicyclic) bond motifs is 2. The van der Waals surface area contributed by atoms with E-state index >= 15 is 0 Å². The quantitative estimate of drug-likeness (QED) is 0.784. The van der Waals surface area contributed by atoms with Gasteiger partial charge in [0, 0.05) is 7.05 Å². The smallest absolute Gasteiger partial charge is 0.163 e. The predicted octanol–water partition coefficient (Wildman–Crippen LogP) is 2.09. The maximum Gasteiger partial charge on any atom is 0.163 e. The number of aryl methyl sites for hydroxylation is 2. The van der Waals surface area contributed by atoms with Crippen LogP contribution in [-0.4, -0.2) is 32.4 Å². The van der Waals surface area contributed by atoms with E-state index < -0.39 is 0 Å². The molecule has 0 spiro atoms. The van der Waals surface area contributed by atoms with Crippen molar-refractivity contribution in [1.29, 1.82) is 0 Å². The van der Waals surface area contributed by atoms with Crippen molar-refractivity contribution in [3.05, 3.63) is 41.9 Å². The molecule has 0 aliphatic carbocycles. The third-order valence-electron chi connectivity index (χ3n) is 3.92. The van der Waals surface area contributed by atoms with E-state index in [0.29, 0.717) is 6.61 Å². The molecule has 1 atom stereocenters. The van der Waals surface area contributed by atoms with Crippen molar-refractivity contribution in [2.75, 3.05) is 11.9 Å². The van der Waals surface area contributed by atoms with Crippen LogP contribution in [0.5, 0.6) is 5.75 Å². The van der Waals surface area contributed by atoms with Gasteiger partial charge < -0.3 is 10.1 Å². The third-order valence-corrected chi connectivity index (χ3v) is 3.92. The highest BCUT2D eigenvalue weighted by atomic mass is 16.5. The van der Waals surface area contributed by atoms with Crippen molar-refractivity contribution in [3.63, 3.8) is 0 Å². The fourth-order valence-electron chi connectivity index (χ4n) is 2.86. The number of hydrogen-bond donors (Lipinski definition) is 1. The Morgan fingerprint density at radius 3 is 3.05 bits per heavy atom. The minimum absolute atomic E-state index is 0.188. The Labute approximate surface area is 128 Å². The number of benzene rings is 1. The molecule has 1 aliphatic heterocycles. The summed E-state index contributed by atoms with van der Waals surface area (Å²) in [6.07, 6.45) is 2.72. The average molecular weight is 295 g/mol. The minimum atomic E-state index is 0.188. The summed E-state index contributed by atoms with van der Waals surface area (Å²) in [6.45, 7) is 2.52. The molecular formula is C16H17N5O. The van der Waals surface area contributed by atoms with Crippen LogP contribution in [0.2, 0.25) is 0 Å². The highest BCUT2D eigenvalue weighted by Gasteiger charge is 2.21. The SMILES string of the molecule is Cc1nc(NC2COc3ccccc3C2)c2cnn(C)c2n1. The van der Waals surface area contributed by atoms with Crippen LogP contribution in [-0.2, 0) is 13.5 Å². The molecule has 4 rings (SSSR count). The van der Waals surface area contributed by atoms with Crippen LogP contribution in [0, 0.1) is 6.92 Å². The number of anilines is 1. The summed E-state index contributed by atoms with van der Waals surface area (Å²) >= 11 is 0. The molecule has 0 amide bonds. The van der Waals surface area contributed by atoms with Crippen LogP contribution < -0.4 is 10.1 Å². The third kappa shape index (κ3) is 2.16. The minimum Gasteiger partial charge on any atom is -0.491 e. The van der Waals surface area contributed by atoms with Gasteiger partial charge in [-0.15, -0.1) is 0 Å². The first kappa shape index (κ1) is 13.1. The van der Waals surface area contributed by atoms with Gasteiger partial charge >= 0.3 is 0 Å². The van der Waals surface area contributed by atoms with Gasteiger partial charge in [0.05, 0.1) is 17.6 Å². The van der Waals surface area contributed by atoms with Crippen molar-refractivity contribution in [2.45, 2.75) is 19.4 Å². The fraction of sp³-hybridized carbons (Fsp3) is 0.312. The molecule has 0 saturated carbocycles. The summed E-state index contributed by atoms with van der Waals surface area (Å²) in [6, 6.07) is 8.35. The predicted molar refractivity (Wildman–Crippen MR) is 84.1 cm³/mol. The van der Waals surface area contributed by atoms with Crippen molar-refractivity contribution in [3.8, 4) is 5.75 Å². The van der Waals surface area contributed by atoms with Gasteiger partial charge in [-0.2, -0.15) is 5.10 Å². The molecule has 0 fully saturated rings. The second-order valence-corrected chi connectivity index (χ2v) is 5.59. The first-order valence-corrected chi connectivity index (χ1v) is 7.34. The second kappa shape index (κ2) is 4.98. The second-order valence-electron chi connectivity index (χ2n) is 5.59. The van der Waals surface area contributed by atoms with Crippen molar-refractivity contribution < 1.29 is 4.74 Å². The molecule has 6 nitrogen and oxygen atoms in total. The van der Waals surface area contributed by atoms with E-state index in [1.807, 2.05) is 32.2 Å². The molecule has 3 heterocycles. The van der Waals surface area contributed by atoms with E-state index in [-0.39, 0.29) is 6.04 Å². The summed E-state index contributed by atoms with van der Waals surface area (Å²) in [5, 5.41) is 8.70. The van der Waals surface area contributed by atoms with Gasteiger partial charge in [0.25, 0.3) is 0 Å². The Morgan fingerprint density at radius 1 is 1.27 bits per heavy atom. The zero-order valence-corrected chi connectivity index (χ0v) is 12.6. The molecule has 0 radical (unpaired) electrons. The van der Waals surface area contributed by atoms with Crippen LogP contribution >= 0.6 is 0 Å². The zero-order valence-electron chi connectivity index (χ0n) is 12.6. The standard InChI is InChI=1S/C16H17N5O/c1-10-18-15(13-8-17-21(2)16(13)19-10)20-12-7-11-5-3-4-6-14(11)22-9-12/h3-6,8,12H,7,9H2,1-2H3,(H,18,19,20). The maximum atomic E-state index is 5.83. The summed E-state index contributed by atoms with van der Waals surface area (Å²) in [5.41, 5.74) is 2.06. The van der Waals surface area contributed by atoms with Crippen molar-refractivity contribution in [1.82, 2.24) is 19.7 Å². The lowest BCUT2D eigenvalue weighted by atomic mass is 10.0. The average Bonchev–Trinajstić information content (AvgIpc) is 2.89. The molecule has 112 valence electrons. The maximum absolute atomic E-state index is 5.83. The van der Waals surface area contributed by atoms with Crippen LogP contribution in [0.1, 0.15) is 11.4 Å². The normalized spacial score (nSPS) is 17.1. The number of aromatic nitrogens is 4. The number of nitrogens with one attached hydrogen (secondary N) is 1. The molecule has 1 unspecified atom stereocenters. The van der Waals surface area contributed by atoms with Gasteiger partial charge in [0.2, 0.25) is 0 Å². The number of ether oxygens (including phenoxy) is 1. The molecule has 1 N–H and O–H groups in total. The molecule has 6 heteroatoms. The van der Waals surface area contributed by atoms with Gasteiger partial charge in [0.15, 0.2) is 5.65 Å². The first-order chi connectivity index (χ1) is 10.7. The molecule has 22 heavy (non-hydrogen) atoms. The summed E-state index contributed by atoms with van der Waals surface area (Å²) in [5.74, 6) is 2.53. The topological polar surface area (TPSA) is 64.9 Å².